The molecule has 0 fully saturated rings. The summed E-state index contributed by atoms with van der Waals surface area (Å²) in [6, 6.07) is 18.5. The van der Waals surface area contributed by atoms with Gasteiger partial charge in [0.2, 0.25) is 0 Å². The lowest BCUT2D eigenvalue weighted by Crippen LogP contribution is -2.31. The van der Waals surface area contributed by atoms with Crippen LogP contribution in [0.2, 0.25) is 0 Å². The number of nitrogens with one attached hydrogen (secondary N) is 1. The van der Waals surface area contributed by atoms with Gasteiger partial charge in [-0.2, -0.15) is 0 Å². The quantitative estimate of drug-likeness (QED) is 0.552. The zero-order valence-corrected chi connectivity index (χ0v) is 17.6. The van der Waals surface area contributed by atoms with Crippen LogP contribution < -0.4 is 10.1 Å². The number of hydrogen-bond donors (Lipinski definition) is 1. The van der Waals surface area contributed by atoms with E-state index >= 15 is 0 Å². The van der Waals surface area contributed by atoms with Gasteiger partial charge in [-0.3, -0.25) is 4.79 Å². The fourth-order valence-electron chi connectivity index (χ4n) is 3.86. The third kappa shape index (κ3) is 4.07. The number of aryl methyl sites for hydroxylation is 2. The van der Waals surface area contributed by atoms with Gasteiger partial charge in [-0.05, 0) is 82.1 Å². The molecule has 3 aromatic carbocycles. The van der Waals surface area contributed by atoms with E-state index in [2.05, 4.69) is 45.5 Å². The molecule has 1 aliphatic rings. The van der Waals surface area contributed by atoms with Crippen molar-refractivity contribution in [2.75, 3.05) is 6.61 Å². The molecule has 4 rings (SSSR count). The Morgan fingerprint density at radius 1 is 1.07 bits per heavy atom. The van der Waals surface area contributed by atoms with Gasteiger partial charge >= 0.3 is 0 Å². The Kier molecular flexibility index (Phi) is 5.67. The van der Waals surface area contributed by atoms with Crippen LogP contribution in [0.25, 0.3) is 10.8 Å². The maximum atomic E-state index is 12.4. The Labute approximate surface area is 174 Å². The molecule has 3 aromatic rings. The highest BCUT2D eigenvalue weighted by Gasteiger charge is 2.15. The Hall–Kier alpha value is -2.33. The van der Waals surface area contributed by atoms with Crippen molar-refractivity contribution in [2.45, 2.75) is 38.6 Å². The van der Waals surface area contributed by atoms with E-state index in [1.54, 1.807) is 0 Å². The van der Waals surface area contributed by atoms with Gasteiger partial charge in [0.05, 0.1) is 10.5 Å². The average molecular weight is 438 g/mol. The lowest BCUT2D eigenvalue weighted by atomic mass is 9.89. The molecule has 3 nitrogen and oxygen atoms in total. The van der Waals surface area contributed by atoms with Crippen LogP contribution in [0, 0.1) is 0 Å². The Morgan fingerprint density at radius 3 is 2.71 bits per heavy atom. The minimum absolute atomic E-state index is 0.00772. The number of fused-ring (bicyclic) bond motifs is 2. The molecule has 1 N–H and O–H groups in total. The van der Waals surface area contributed by atoms with Gasteiger partial charge in [-0.15, -0.1) is 0 Å². The van der Waals surface area contributed by atoms with Crippen molar-refractivity contribution in [1.82, 2.24) is 5.32 Å². The van der Waals surface area contributed by atoms with Crippen LogP contribution in [-0.2, 0) is 17.6 Å². The molecular weight excluding hydrogens is 414 g/mol. The molecule has 4 heteroatoms. The number of ether oxygens (including phenoxy) is 1. The summed E-state index contributed by atoms with van der Waals surface area (Å²) >= 11 is 3.60. The van der Waals surface area contributed by atoms with Crippen molar-refractivity contribution in [2.24, 2.45) is 0 Å². The first-order valence-corrected chi connectivity index (χ1v) is 10.6. The maximum absolute atomic E-state index is 12.4. The van der Waals surface area contributed by atoms with Crippen molar-refractivity contribution in [1.29, 1.82) is 0 Å². The predicted molar refractivity (Wildman–Crippen MR) is 117 cm³/mol. The minimum atomic E-state index is -0.120. The normalized spacial score (nSPS) is 14.4. The van der Waals surface area contributed by atoms with Crippen LogP contribution in [0.3, 0.4) is 0 Å². The molecule has 1 atom stereocenters. The van der Waals surface area contributed by atoms with E-state index in [4.69, 9.17) is 4.74 Å². The molecule has 0 heterocycles. The summed E-state index contributed by atoms with van der Waals surface area (Å²) in [5, 5.41) is 5.25. The molecule has 0 radical (unpaired) electrons. The van der Waals surface area contributed by atoms with E-state index in [-0.39, 0.29) is 18.6 Å². The summed E-state index contributed by atoms with van der Waals surface area (Å²) in [4.78, 5) is 12.4. The molecule has 0 bridgehead atoms. The number of carbonyl (C=O) groups is 1. The molecule has 0 saturated heterocycles. The van der Waals surface area contributed by atoms with Crippen LogP contribution in [0.15, 0.2) is 59.1 Å². The van der Waals surface area contributed by atoms with Crippen molar-refractivity contribution >= 4 is 32.6 Å². The number of carbonyl (C=O) groups excluding carboxylic acids is 1. The molecule has 0 unspecified atom stereocenters. The first kappa shape index (κ1) is 19.0. The highest BCUT2D eigenvalue weighted by Crippen LogP contribution is 2.33. The standard InChI is InChI=1S/C24H24BrNO2/c1-16(19-11-10-17-6-2-3-8-20(17)14-19)26-23(27)15-28-22-13-12-18-7-4-5-9-21(18)24(22)25/h4-5,7,9-14,16H,2-3,6,8,15H2,1H3,(H,26,27)/t16-/m0/s1. The van der Waals surface area contributed by atoms with E-state index in [0.717, 1.165) is 27.2 Å². The Bertz CT molecular complexity index is 1010. The van der Waals surface area contributed by atoms with Crippen LogP contribution in [0.5, 0.6) is 5.75 Å². The predicted octanol–water partition coefficient (Wildman–Crippen LogP) is 5.74. The minimum Gasteiger partial charge on any atom is -0.483 e. The molecule has 1 amide bonds. The van der Waals surface area contributed by atoms with Crippen molar-refractivity contribution < 1.29 is 9.53 Å². The van der Waals surface area contributed by atoms with Gasteiger partial charge in [-0.1, -0.05) is 48.5 Å². The van der Waals surface area contributed by atoms with Crippen molar-refractivity contribution in [3.05, 3.63) is 75.8 Å². The monoisotopic (exact) mass is 437 g/mol. The molecule has 0 aromatic heterocycles. The van der Waals surface area contributed by atoms with Gasteiger partial charge in [-0.25, -0.2) is 0 Å². The van der Waals surface area contributed by atoms with Crippen molar-refractivity contribution in [3.63, 3.8) is 0 Å². The molecule has 144 valence electrons. The van der Waals surface area contributed by atoms with Gasteiger partial charge in [0, 0.05) is 0 Å². The van der Waals surface area contributed by atoms with Gasteiger partial charge < -0.3 is 10.1 Å². The summed E-state index contributed by atoms with van der Waals surface area (Å²) < 4.78 is 6.65. The van der Waals surface area contributed by atoms with E-state index in [1.807, 2.05) is 37.3 Å². The topological polar surface area (TPSA) is 38.3 Å². The number of benzene rings is 3. The van der Waals surface area contributed by atoms with Crippen LogP contribution >= 0.6 is 15.9 Å². The van der Waals surface area contributed by atoms with Gasteiger partial charge in [0.25, 0.3) is 5.91 Å². The first-order valence-electron chi connectivity index (χ1n) is 9.83. The SMILES string of the molecule is C[C@H](NC(=O)COc1ccc2ccccc2c1Br)c1ccc2c(c1)CCCC2. The van der Waals surface area contributed by atoms with Crippen LogP contribution in [0.1, 0.15) is 42.5 Å². The third-order valence-electron chi connectivity index (χ3n) is 5.44. The van der Waals surface area contributed by atoms with E-state index in [1.165, 1.54) is 30.4 Å². The third-order valence-corrected chi connectivity index (χ3v) is 6.25. The molecule has 1 aliphatic carbocycles. The zero-order valence-electron chi connectivity index (χ0n) is 16.0. The number of rotatable bonds is 5. The first-order chi connectivity index (χ1) is 13.6. The van der Waals surface area contributed by atoms with E-state index < -0.39 is 0 Å². The summed E-state index contributed by atoms with van der Waals surface area (Å²) in [6.07, 6.45) is 4.85. The number of hydrogen-bond acceptors (Lipinski definition) is 2. The average Bonchev–Trinajstić information content (AvgIpc) is 2.73. The molecular formula is C24H24BrNO2. The molecule has 28 heavy (non-hydrogen) atoms. The lowest BCUT2D eigenvalue weighted by Gasteiger charge is -2.20. The largest absolute Gasteiger partial charge is 0.483 e. The maximum Gasteiger partial charge on any atom is 0.258 e. The van der Waals surface area contributed by atoms with Crippen LogP contribution in [-0.4, -0.2) is 12.5 Å². The Balaban J connectivity index is 1.39. The lowest BCUT2D eigenvalue weighted by molar-refractivity contribution is -0.123. The van der Waals surface area contributed by atoms with Crippen molar-refractivity contribution in [3.8, 4) is 5.75 Å². The molecule has 0 aliphatic heterocycles. The molecule has 0 saturated carbocycles. The fourth-order valence-corrected chi connectivity index (χ4v) is 4.47. The van der Waals surface area contributed by atoms with Gasteiger partial charge in [0.1, 0.15) is 5.75 Å². The van der Waals surface area contributed by atoms with E-state index in [9.17, 15) is 4.79 Å². The second-order valence-electron chi connectivity index (χ2n) is 7.41. The van der Waals surface area contributed by atoms with E-state index in [0.29, 0.717) is 5.75 Å². The molecule has 0 spiro atoms. The fraction of sp³-hybridized carbons (Fsp3) is 0.292. The second kappa shape index (κ2) is 8.36. The highest BCUT2D eigenvalue weighted by molar-refractivity contribution is 9.10. The summed E-state index contributed by atoms with van der Waals surface area (Å²) in [6.45, 7) is 2.01. The number of amides is 1. The summed E-state index contributed by atoms with van der Waals surface area (Å²) in [7, 11) is 0. The summed E-state index contributed by atoms with van der Waals surface area (Å²) in [5.74, 6) is 0.556. The Morgan fingerprint density at radius 2 is 1.86 bits per heavy atom. The van der Waals surface area contributed by atoms with Gasteiger partial charge in [0.15, 0.2) is 6.61 Å². The highest BCUT2D eigenvalue weighted by atomic mass is 79.9. The number of halogens is 1. The van der Waals surface area contributed by atoms with Crippen LogP contribution in [0.4, 0.5) is 0 Å². The summed E-state index contributed by atoms with van der Waals surface area (Å²) in [5.41, 5.74) is 4.04. The second-order valence-corrected chi connectivity index (χ2v) is 8.20. The zero-order chi connectivity index (χ0) is 19.5. The smallest absolute Gasteiger partial charge is 0.258 e.